The Morgan fingerprint density at radius 2 is 1.96 bits per heavy atom. The lowest BCUT2D eigenvalue weighted by molar-refractivity contribution is 0.415. The first-order valence-corrected chi connectivity index (χ1v) is 7.20. The van der Waals surface area contributed by atoms with Gasteiger partial charge in [0.15, 0.2) is 0 Å². The largest absolute Gasteiger partial charge is 0.497 e. The number of pyridine rings is 2. The van der Waals surface area contributed by atoms with Gasteiger partial charge in [0.2, 0.25) is 0 Å². The summed E-state index contributed by atoms with van der Waals surface area (Å²) in [6.45, 7) is 2.11. The molecular formula is C17H17N3O3. The number of nitrogens with one attached hydrogen (secondary N) is 3. The highest BCUT2D eigenvalue weighted by molar-refractivity contribution is 5.80. The van der Waals surface area contributed by atoms with Gasteiger partial charge in [0, 0.05) is 24.4 Å². The summed E-state index contributed by atoms with van der Waals surface area (Å²) in [6, 6.07) is 9.12. The van der Waals surface area contributed by atoms with Crippen molar-refractivity contribution in [1.29, 1.82) is 0 Å². The molecule has 0 radical (unpaired) electrons. The van der Waals surface area contributed by atoms with Crippen LogP contribution in [0.1, 0.15) is 11.1 Å². The molecule has 2 aromatic heterocycles. The summed E-state index contributed by atoms with van der Waals surface area (Å²) in [7, 11) is 1.58. The number of benzene rings is 1. The number of aryl methyl sites for hydroxylation is 1. The fourth-order valence-electron chi connectivity index (χ4n) is 2.46. The predicted octanol–water partition coefficient (Wildman–Crippen LogP) is 2.15. The lowest BCUT2D eigenvalue weighted by Gasteiger charge is -2.09. The number of aromatic nitrogens is 2. The van der Waals surface area contributed by atoms with Crippen LogP contribution in [0, 0.1) is 6.92 Å². The van der Waals surface area contributed by atoms with Gasteiger partial charge in [0.05, 0.1) is 12.6 Å². The molecule has 0 amide bonds. The van der Waals surface area contributed by atoms with E-state index in [2.05, 4.69) is 15.3 Å². The third-order valence-electron chi connectivity index (χ3n) is 3.75. The van der Waals surface area contributed by atoms with Gasteiger partial charge < -0.3 is 20.0 Å². The number of hydrogen-bond acceptors (Lipinski definition) is 4. The maximum atomic E-state index is 12.2. The fourth-order valence-corrected chi connectivity index (χ4v) is 2.46. The van der Waals surface area contributed by atoms with Gasteiger partial charge in [-0.1, -0.05) is 0 Å². The van der Waals surface area contributed by atoms with Crippen LogP contribution >= 0.6 is 0 Å². The quantitative estimate of drug-likeness (QED) is 0.689. The van der Waals surface area contributed by atoms with Crippen LogP contribution in [0.2, 0.25) is 0 Å². The number of anilines is 1. The van der Waals surface area contributed by atoms with Gasteiger partial charge in [-0.15, -0.1) is 0 Å². The summed E-state index contributed by atoms with van der Waals surface area (Å²) >= 11 is 0. The van der Waals surface area contributed by atoms with Crippen LogP contribution in [0.4, 0.5) is 5.69 Å². The minimum Gasteiger partial charge on any atom is -0.497 e. The van der Waals surface area contributed by atoms with Gasteiger partial charge >= 0.3 is 0 Å². The Hall–Kier alpha value is -3.02. The van der Waals surface area contributed by atoms with Gasteiger partial charge in [-0.2, -0.15) is 0 Å². The van der Waals surface area contributed by atoms with Crippen molar-refractivity contribution >= 4 is 16.6 Å². The van der Waals surface area contributed by atoms with E-state index in [1.807, 2.05) is 25.1 Å². The Bertz CT molecular complexity index is 973. The number of hydrogen-bond donors (Lipinski definition) is 3. The molecular weight excluding hydrogens is 294 g/mol. The molecule has 0 aliphatic rings. The number of methoxy groups -OCH3 is 1. The van der Waals surface area contributed by atoms with E-state index in [4.69, 9.17) is 4.74 Å². The smallest absolute Gasteiger partial charge is 0.271 e. The molecule has 0 aliphatic heterocycles. The van der Waals surface area contributed by atoms with Crippen molar-refractivity contribution in [1.82, 2.24) is 9.97 Å². The van der Waals surface area contributed by atoms with Crippen LogP contribution in [0.15, 0.2) is 46.1 Å². The molecule has 6 nitrogen and oxygen atoms in total. The summed E-state index contributed by atoms with van der Waals surface area (Å²) < 4.78 is 5.15. The molecule has 0 spiro atoms. The molecule has 118 valence electrons. The number of aromatic amines is 2. The zero-order chi connectivity index (χ0) is 16.4. The van der Waals surface area contributed by atoms with E-state index in [0.717, 1.165) is 10.9 Å². The Morgan fingerprint density at radius 3 is 2.70 bits per heavy atom. The first-order valence-electron chi connectivity index (χ1n) is 7.20. The van der Waals surface area contributed by atoms with Gasteiger partial charge in [0.25, 0.3) is 11.1 Å². The second-order valence-electron chi connectivity index (χ2n) is 5.30. The minimum atomic E-state index is -0.202. The van der Waals surface area contributed by atoms with Crippen LogP contribution in [0.25, 0.3) is 10.9 Å². The molecule has 3 N–H and O–H groups in total. The molecule has 0 saturated heterocycles. The molecule has 0 aliphatic carbocycles. The topological polar surface area (TPSA) is 87.0 Å². The number of rotatable bonds is 4. The third-order valence-corrected chi connectivity index (χ3v) is 3.75. The Balaban J connectivity index is 1.93. The molecule has 0 atom stereocenters. The highest BCUT2D eigenvalue weighted by Gasteiger charge is 2.07. The molecule has 2 heterocycles. The highest BCUT2D eigenvalue weighted by atomic mass is 16.5. The third kappa shape index (κ3) is 2.96. The van der Waals surface area contributed by atoms with E-state index >= 15 is 0 Å². The van der Waals surface area contributed by atoms with E-state index < -0.39 is 0 Å². The summed E-state index contributed by atoms with van der Waals surface area (Å²) in [5, 5.41) is 3.94. The lowest BCUT2D eigenvalue weighted by atomic mass is 10.1. The molecule has 0 fully saturated rings. The number of ether oxygens (including phenoxy) is 1. The molecule has 3 aromatic rings. The van der Waals surface area contributed by atoms with Crippen molar-refractivity contribution < 1.29 is 4.74 Å². The summed E-state index contributed by atoms with van der Waals surface area (Å²) in [5.41, 5.74) is 2.19. The summed E-state index contributed by atoms with van der Waals surface area (Å²) in [6.07, 6.45) is 1.60. The van der Waals surface area contributed by atoms with E-state index in [9.17, 15) is 9.59 Å². The SMILES string of the molecule is COc1ccc2cc(CNc3c(C)cc[nH]c3=O)c(=O)[nH]c2c1. The van der Waals surface area contributed by atoms with Crippen molar-refractivity contribution in [2.45, 2.75) is 13.5 Å². The van der Waals surface area contributed by atoms with E-state index in [-0.39, 0.29) is 17.7 Å². The maximum Gasteiger partial charge on any atom is 0.271 e. The Kier molecular flexibility index (Phi) is 3.89. The van der Waals surface area contributed by atoms with Gasteiger partial charge in [-0.05, 0) is 42.1 Å². The van der Waals surface area contributed by atoms with Gasteiger partial charge in [0.1, 0.15) is 11.4 Å². The van der Waals surface area contributed by atoms with E-state index in [1.54, 1.807) is 25.4 Å². The molecule has 1 aromatic carbocycles. The van der Waals surface area contributed by atoms with Crippen molar-refractivity contribution in [2.75, 3.05) is 12.4 Å². The van der Waals surface area contributed by atoms with Crippen molar-refractivity contribution in [2.24, 2.45) is 0 Å². The molecule has 0 unspecified atom stereocenters. The Morgan fingerprint density at radius 1 is 1.13 bits per heavy atom. The van der Waals surface area contributed by atoms with E-state index in [0.29, 0.717) is 22.5 Å². The average Bonchev–Trinajstić information content (AvgIpc) is 2.54. The molecule has 0 bridgehead atoms. The van der Waals surface area contributed by atoms with Crippen molar-refractivity contribution in [3.8, 4) is 5.75 Å². The standard InChI is InChI=1S/C17H17N3O3/c1-10-5-6-18-17(22)15(10)19-9-12-7-11-3-4-13(23-2)8-14(11)20-16(12)21/h3-8,19H,9H2,1-2H3,(H,18,22)(H,20,21). The maximum absolute atomic E-state index is 12.2. The molecule has 23 heavy (non-hydrogen) atoms. The van der Waals surface area contributed by atoms with Crippen molar-refractivity contribution in [3.05, 3.63) is 68.4 Å². The van der Waals surface area contributed by atoms with Crippen LogP contribution in [0.3, 0.4) is 0 Å². The summed E-state index contributed by atoms with van der Waals surface area (Å²) in [5.74, 6) is 0.686. The fraction of sp³-hybridized carbons (Fsp3) is 0.176. The zero-order valence-electron chi connectivity index (χ0n) is 12.9. The van der Waals surface area contributed by atoms with Gasteiger partial charge in [-0.25, -0.2) is 0 Å². The molecule has 0 saturated carbocycles. The normalized spacial score (nSPS) is 10.7. The number of H-pyrrole nitrogens is 2. The monoisotopic (exact) mass is 311 g/mol. The van der Waals surface area contributed by atoms with Crippen LogP contribution in [-0.4, -0.2) is 17.1 Å². The van der Waals surface area contributed by atoms with Crippen LogP contribution < -0.4 is 21.2 Å². The van der Waals surface area contributed by atoms with Crippen LogP contribution in [0.5, 0.6) is 5.75 Å². The minimum absolute atomic E-state index is 0.191. The average molecular weight is 311 g/mol. The van der Waals surface area contributed by atoms with E-state index in [1.165, 1.54) is 0 Å². The highest BCUT2D eigenvalue weighted by Crippen LogP contribution is 2.18. The van der Waals surface area contributed by atoms with Crippen molar-refractivity contribution in [3.63, 3.8) is 0 Å². The first-order chi connectivity index (χ1) is 11.1. The molecule has 6 heteroatoms. The first kappa shape index (κ1) is 14.9. The lowest BCUT2D eigenvalue weighted by Crippen LogP contribution is -2.19. The predicted molar refractivity (Wildman–Crippen MR) is 90.2 cm³/mol. The van der Waals surface area contributed by atoms with Gasteiger partial charge in [-0.3, -0.25) is 9.59 Å². The second kappa shape index (κ2) is 6.00. The molecule has 3 rings (SSSR count). The second-order valence-corrected chi connectivity index (χ2v) is 5.30. The number of fused-ring (bicyclic) bond motifs is 1. The Labute approximate surface area is 132 Å². The summed E-state index contributed by atoms with van der Waals surface area (Å²) in [4.78, 5) is 29.5. The zero-order valence-corrected chi connectivity index (χ0v) is 12.9. The van der Waals surface area contributed by atoms with Crippen LogP contribution in [-0.2, 0) is 6.54 Å².